The number of halogens is 1. The van der Waals surface area contributed by atoms with Gasteiger partial charge >= 0.3 is 56.9 Å². The summed E-state index contributed by atoms with van der Waals surface area (Å²) in [5.74, 6) is 0. The van der Waals surface area contributed by atoms with Crippen LogP contribution in [0.25, 0.3) is 0 Å². The van der Waals surface area contributed by atoms with Crippen molar-refractivity contribution in [3.8, 4) is 0 Å². The Labute approximate surface area is 69.3 Å². The normalized spacial score (nSPS) is 14.7. The molecule has 2 heteroatoms. The minimum absolute atomic E-state index is 0. The molecule has 0 saturated carbocycles. The summed E-state index contributed by atoms with van der Waals surface area (Å²) in [6.07, 6.45) is 7.96. The molecule has 0 unspecified atom stereocenters. The van der Waals surface area contributed by atoms with Gasteiger partial charge in [-0.2, -0.15) is 0 Å². The number of allylic oxidation sites excluding steroid dienone is 4. The van der Waals surface area contributed by atoms with Crippen molar-refractivity contribution in [2.24, 2.45) is 0 Å². The van der Waals surface area contributed by atoms with E-state index >= 15 is 0 Å². The Balaban J connectivity index is 0.000000640. The second-order valence-corrected chi connectivity index (χ2v) is 6.45. The molecule has 0 nitrogen and oxygen atoms in total. The van der Waals surface area contributed by atoms with Crippen LogP contribution in [0.3, 0.4) is 0 Å². The van der Waals surface area contributed by atoms with Crippen LogP contribution < -0.4 is 0 Å². The van der Waals surface area contributed by atoms with Crippen LogP contribution in [0.2, 0.25) is 10.5 Å². The summed E-state index contributed by atoms with van der Waals surface area (Å²) in [7, 11) is 0. The van der Waals surface area contributed by atoms with Crippen molar-refractivity contribution in [1.82, 2.24) is 0 Å². The van der Waals surface area contributed by atoms with Crippen LogP contribution >= 0.6 is 12.4 Å². The average Bonchev–Trinajstić information content (AvgIpc) is 2.12. The Morgan fingerprint density at radius 3 is 2.33 bits per heavy atom. The maximum absolute atomic E-state index is 2.40. The third-order valence-corrected chi connectivity index (χ3v) is 4.00. The van der Waals surface area contributed by atoms with Crippen LogP contribution in [0.15, 0.2) is 22.1 Å². The van der Waals surface area contributed by atoms with Gasteiger partial charge in [-0.15, -0.1) is 12.4 Å². The van der Waals surface area contributed by atoms with Gasteiger partial charge in [-0.05, 0) is 0 Å². The molecule has 0 aromatic carbocycles. The molecule has 0 heterocycles. The third kappa shape index (κ3) is 2.70. The molecule has 0 fully saturated rings. The van der Waals surface area contributed by atoms with Gasteiger partial charge in [-0.1, -0.05) is 0 Å². The molecule has 0 spiro atoms. The van der Waals surface area contributed by atoms with Crippen molar-refractivity contribution in [3.05, 3.63) is 22.1 Å². The van der Waals surface area contributed by atoms with Crippen molar-refractivity contribution < 1.29 is 17.9 Å². The molecule has 0 aromatic rings. The molecule has 0 amide bonds. The number of rotatable bonds is 1. The summed E-state index contributed by atoms with van der Waals surface area (Å²) < 4.78 is 1.73. The van der Waals surface area contributed by atoms with Crippen molar-refractivity contribution in [2.45, 2.75) is 16.9 Å². The Morgan fingerprint density at radius 2 is 2.11 bits per heavy atom. The number of hydrogen-bond donors (Lipinski definition) is 0. The van der Waals surface area contributed by atoms with Crippen molar-refractivity contribution >= 4 is 12.4 Å². The van der Waals surface area contributed by atoms with E-state index in [4.69, 9.17) is 0 Å². The van der Waals surface area contributed by atoms with Gasteiger partial charge in [-0.3, -0.25) is 0 Å². The molecule has 51 valence electrons. The molecule has 0 aromatic heterocycles. The van der Waals surface area contributed by atoms with Crippen molar-refractivity contribution in [1.29, 1.82) is 0 Å². The van der Waals surface area contributed by atoms with Crippen LogP contribution in [0.5, 0.6) is 0 Å². The average molecular weight is 179 g/mol. The third-order valence-electron chi connectivity index (χ3n) is 1.41. The second-order valence-electron chi connectivity index (χ2n) is 2.32. The molecule has 0 radical (unpaired) electrons. The number of hydrogen-bond acceptors (Lipinski definition) is 0. The molecule has 0 N–H and O–H groups in total. The molecule has 9 heavy (non-hydrogen) atoms. The summed E-state index contributed by atoms with van der Waals surface area (Å²) in [5, 5.41) is 4.80. The standard InChI is InChI=1S/C5H5.2CH3.ClH.Ti/c1-2-4-5-3-1;;;;/h1-3H,4H2;2*1H3;1H;. The van der Waals surface area contributed by atoms with Crippen LogP contribution in [0.4, 0.5) is 0 Å². The maximum atomic E-state index is 2.40. The zero-order valence-corrected chi connectivity index (χ0v) is 8.23. The molecule has 0 atom stereocenters. The Bertz CT molecular complexity index is 136. The second kappa shape index (κ2) is 4.32. The van der Waals surface area contributed by atoms with E-state index in [1.54, 1.807) is 3.88 Å². The predicted octanol–water partition coefficient (Wildman–Crippen LogP) is 2.97. The first-order chi connectivity index (χ1) is 3.80. The molecular formula is C7H12ClTi. The van der Waals surface area contributed by atoms with Gasteiger partial charge in [0.1, 0.15) is 0 Å². The molecule has 0 bridgehead atoms. The first-order valence-electron chi connectivity index (χ1n) is 2.97. The van der Waals surface area contributed by atoms with Gasteiger partial charge in [-0.25, -0.2) is 0 Å². The van der Waals surface area contributed by atoms with Crippen molar-refractivity contribution in [2.75, 3.05) is 0 Å². The van der Waals surface area contributed by atoms with E-state index in [0.29, 0.717) is 0 Å². The van der Waals surface area contributed by atoms with Gasteiger partial charge in [0.15, 0.2) is 0 Å². The van der Waals surface area contributed by atoms with Gasteiger partial charge < -0.3 is 0 Å². The summed E-state index contributed by atoms with van der Waals surface area (Å²) >= 11 is -0.657. The van der Waals surface area contributed by atoms with E-state index in [-0.39, 0.29) is 12.4 Å². The van der Waals surface area contributed by atoms with E-state index in [1.807, 2.05) is 0 Å². The SMILES string of the molecule is Cl.[CH3][Ti]([CH3])[C]1=CC=CC1. The topological polar surface area (TPSA) is 0 Å². The van der Waals surface area contributed by atoms with Crippen molar-refractivity contribution in [3.63, 3.8) is 0 Å². The fourth-order valence-corrected chi connectivity index (χ4v) is 2.31. The van der Waals surface area contributed by atoms with Gasteiger partial charge in [0, 0.05) is 0 Å². The van der Waals surface area contributed by atoms with Crippen LogP contribution in [0, 0.1) is 0 Å². The fourth-order valence-electron chi connectivity index (χ4n) is 0.818. The zero-order valence-electron chi connectivity index (χ0n) is 5.85. The van der Waals surface area contributed by atoms with Crippen LogP contribution in [-0.2, 0) is 17.9 Å². The van der Waals surface area contributed by atoms with E-state index in [0.717, 1.165) is 0 Å². The van der Waals surface area contributed by atoms with Gasteiger partial charge in [0.2, 0.25) is 0 Å². The van der Waals surface area contributed by atoms with Crippen LogP contribution in [-0.4, -0.2) is 0 Å². The summed E-state index contributed by atoms with van der Waals surface area (Å²) in [6, 6.07) is 0. The monoisotopic (exact) mass is 179 g/mol. The Morgan fingerprint density at radius 1 is 1.44 bits per heavy atom. The van der Waals surface area contributed by atoms with E-state index < -0.39 is 17.9 Å². The van der Waals surface area contributed by atoms with Crippen LogP contribution in [0.1, 0.15) is 6.42 Å². The van der Waals surface area contributed by atoms with Gasteiger partial charge in [0.05, 0.1) is 0 Å². The first-order valence-corrected chi connectivity index (χ1v) is 6.87. The molecule has 0 aliphatic heterocycles. The molecule has 0 saturated heterocycles. The fraction of sp³-hybridized carbons (Fsp3) is 0.429. The van der Waals surface area contributed by atoms with E-state index in [1.165, 1.54) is 6.42 Å². The molecule has 1 aliphatic carbocycles. The molecular weight excluding hydrogens is 167 g/mol. The summed E-state index contributed by atoms with van der Waals surface area (Å²) in [5.41, 5.74) is 0. The summed E-state index contributed by atoms with van der Waals surface area (Å²) in [6.45, 7) is 0. The quantitative estimate of drug-likeness (QED) is 0.543. The zero-order chi connectivity index (χ0) is 5.98. The van der Waals surface area contributed by atoms with Gasteiger partial charge in [0.25, 0.3) is 0 Å². The Kier molecular flexibility index (Phi) is 4.56. The Hall–Kier alpha value is 0.484. The molecule has 1 aliphatic rings. The minimum atomic E-state index is -0.657. The van der Waals surface area contributed by atoms with E-state index in [9.17, 15) is 0 Å². The van der Waals surface area contributed by atoms with E-state index in [2.05, 4.69) is 28.7 Å². The summed E-state index contributed by atoms with van der Waals surface area (Å²) in [4.78, 5) is 0. The molecule has 1 rings (SSSR count). The first kappa shape index (κ1) is 9.48. The predicted molar refractivity (Wildman–Crippen MR) is 40.8 cm³/mol.